The molecule has 0 spiro atoms. The number of ether oxygens (including phenoxy) is 2. The zero-order chi connectivity index (χ0) is 21.8. The summed E-state index contributed by atoms with van der Waals surface area (Å²) in [4.78, 5) is 12.2. The third kappa shape index (κ3) is 6.22. The number of allylic oxidation sites excluding steroid dienone is 1. The Balaban J connectivity index is 2.22. The van der Waals surface area contributed by atoms with Gasteiger partial charge in [-0.05, 0) is 118 Å². The molecule has 0 bridgehead atoms. The zero-order valence-corrected chi connectivity index (χ0v) is 23.4. The van der Waals surface area contributed by atoms with Crippen molar-refractivity contribution >= 4 is 73.7 Å². The van der Waals surface area contributed by atoms with E-state index in [-0.39, 0.29) is 23.7 Å². The normalized spacial score (nSPS) is 22.5. The molecule has 160 valence electrons. The van der Waals surface area contributed by atoms with E-state index in [0.29, 0.717) is 19.6 Å². The molecule has 0 radical (unpaired) electrons. The maximum atomic E-state index is 12.2. The fraction of sp³-hybridized carbons (Fsp3) is 0.476. The maximum Gasteiger partial charge on any atom is 0.323 e. The highest BCUT2D eigenvalue weighted by molar-refractivity contribution is 14.1. The van der Waals surface area contributed by atoms with Crippen molar-refractivity contribution in [3.63, 3.8) is 0 Å². The van der Waals surface area contributed by atoms with Crippen molar-refractivity contribution < 1.29 is 19.4 Å². The average molecular weight is 737 g/mol. The topological polar surface area (TPSA) is 67.8 Å². The summed E-state index contributed by atoms with van der Waals surface area (Å²) >= 11 is 6.54. The van der Waals surface area contributed by atoms with E-state index in [1.807, 2.05) is 26.0 Å². The molecule has 1 aliphatic rings. The second-order valence-corrected chi connectivity index (χ2v) is 10.5. The molecular formula is C21H26I3NO4. The minimum atomic E-state index is -0.523. The molecule has 0 saturated carbocycles. The Hall–Kier alpha value is -0.0800. The smallest absolute Gasteiger partial charge is 0.323 e. The predicted molar refractivity (Wildman–Crippen MR) is 141 cm³/mol. The molecule has 2 N–H and O–H groups in total. The number of carbonyl (C=O) groups is 1. The van der Waals surface area contributed by atoms with E-state index in [0.717, 1.165) is 22.0 Å². The lowest BCUT2D eigenvalue weighted by Crippen LogP contribution is -2.42. The van der Waals surface area contributed by atoms with Gasteiger partial charge in [0.25, 0.3) is 0 Å². The molecular weight excluding hydrogens is 711 g/mol. The Labute approximate surface area is 213 Å². The third-order valence-corrected chi connectivity index (χ3v) is 7.93. The summed E-state index contributed by atoms with van der Waals surface area (Å²) in [6, 6.07) is 3.34. The number of hydrogen-bond donors (Lipinski definition) is 2. The van der Waals surface area contributed by atoms with Gasteiger partial charge in [-0.25, -0.2) is 0 Å². The molecule has 1 aliphatic carbocycles. The molecule has 0 saturated heterocycles. The number of rotatable bonds is 8. The van der Waals surface area contributed by atoms with Gasteiger partial charge < -0.3 is 19.9 Å². The molecule has 8 heteroatoms. The summed E-state index contributed by atoms with van der Waals surface area (Å²) in [7, 11) is 0. The molecule has 1 aromatic rings. The summed E-state index contributed by atoms with van der Waals surface area (Å²) in [6.45, 7) is 9.07. The lowest BCUT2D eigenvalue weighted by Gasteiger charge is -2.38. The molecule has 0 aliphatic heterocycles. The van der Waals surface area contributed by atoms with E-state index in [1.54, 1.807) is 0 Å². The number of aromatic hydroxyl groups is 1. The van der Waals surface area contributed by atoms with Crippen LogP contribution in [0.15, 0.2) is 33.4 Å². The summed E-state index contributed by atoms with van der Waals surface area (Å²) in [5.74, 6) is 0.885. The monoisotopic (exact) mass is 737 g/mol. The summed E-state index contributed by atoms with van der Waals surface area (Å²) < 4.78 is 14.2. The first-order valence-electron chi connectivity index (χ1n) is 9.47. The number of nitrogens with one attached hydrogen (secondary N) is 1. The van der Waals surface area contributed by atoms with Crippen molar-refractivity contribution in [2.45, 2.75) is 45.8 Å². The van der Waals surface area contributed by atoms with Gasteiger partial charge in [0.2, 0.25) is 0 Å². The molecule has 3 atom stereocenters. The molecule has 5 nitrogen and oxygen atoms in total. The standard InChI is InChI=1S/C21H26I3NO4/c1-5-25-17(20(27)28-6-2)8-13-7-12(3)21(4,18(24)9-13)29-14-10-15(22)19(26)16(23)11-14/h7,9-12,17,25-26H,5-6,8H2,1-4H3. The van der Waals surface area contributed by atoms with Gasteiger partial charge in [0.15, 0.2) is 0 Å². The molecule has 0 amide bonds. The number of likely N-dealkylation sites (N-methyl/N-ethyl adjacent to an activating group) is 1. The predicted octanol–water partition coefficient (Wildman–Crippen LogP) is 5.57. The van der Waals surface area contributed by atoms with Crippen molar-refractivity contribution in [2.24, 2.45) is 5.92 Å². The van der Waals surface area contributed by atoms with Gasteiger partial charge in [-0.1, -0.05) is 19.9 Å². The third-order valence-electron chi connectivity index (χ3n) is 4.90. The van der Waals surface area contributed by atoms with Gasteiger partial charge in [-0.3, -0.25) is 4.79 Å². The van der Waals surface area contributed by atoms with Crippen LogP contribution in [0.4, 0.5) is 0 Å². The lowest BCUT2D eigenvalue weighted by atomic mass is 9.82. The van der Waals surface area contributed by atoms with Crippen LogP contribution in [0.3, 0.4) is 0 Å². The second kappa shape index (κ2) is 11.0. The van der Waals surface area contributed by atoms with Crippen LogP contribution in [-0.4, -0.2) is 35.9 Å². The highest BCUT2D eigenvalue weighted by atomic mass is 127. The first kappa shape index (κ1) is 25.2. The SMILES string of the molecule is CCNC(CC1=CC(C)C(C)(Oc2cc(I)c(O)c(I)c2)C(I)=C1)C(=O)OCC. The summed E-state index contributed by atoms with van der Waals surface area (Å²) in [6.07, 6.45) is 4.84. The molecule has 1 aromatic carbocycles. The highest BCUT2D eigenvalue weighted by Gasteiger charge is 2.39. The van der Waals surface area contributed by atoms with Crippen LogP contribution in [0, 0.1) is 13.1 Å². The Morgan fingerprint density at radius 3 is 2.41 bits per heavy atom. The van der Waals surface area contributed by atoms with Crippen molar-refractivity contribution in [1.82, 2.24) is 5.32 Å². The van der Waals surface area contributed by atoms with Crippen molar-refractivity contribution in [3.05, 3.63) is 40.6 Å². The number of phenols is 1. The largest absolute Gasteiger partial charge is 0.506 e. The second-order valence-electron chi connectivity index (χ2n) is 7.03. The number of hydrogen-bond acceptors (Lipinski definition) is 5. The quantitative estimate of drug-likeness (QED) is 0.270. The molecule has 0 fully saturated rings. The molecule has 2 rings (SSSR count). The van der Waals surface area contributed by atoms with Crippen LogP contribution in [0.1, 0.15) is 34.1 Å². The summed E-state index contributed by atoms with van der Waals surface area (Å²) in [5.41, 5.74) is 0.571. The Morgan fingerprint density at radius 2 is 1.90 bits per heavy atom. The van der Waals surface area contributed by atoms with Crippen LogP contribution in [0.5, 0.6) is 11.5 Å². The van der Waals surface area contributed by atoms with Crippen LogP contribution >= 0.6 is 67.8 Å². The van der Waals surface area contributed by atoms with Crippen LogP contribution < -0.4 is 10.1 Å². The van der Waals surface area contributed by atoms with E-state index in [1.165, 1.54) is 0 Å². The minimum absolute atomic E-state index is 0.1000. The van der Waals surface area contributed by atoms with Gasteiger partial charge in [0, 0.05) is 9.50 Å². The molecule has 29 heavy (non-hydrogen) atoms. The minimum Gasteiger partial charge on any atom is -0.506 e. The zero-order valence-electron chi connectivity index (χ0n) is 16.9. The van der Waals surface area contributed by atoms with Crippen molar-refractivity contribution in [1.29, 1.82) is 0 Å². The number of phenolic OH excluding ortho intramolecular Hbond substituents is 1. The fourth-order valence-corrected chi connectivity index (χ4v) is 5.84. The van der Waals surface area contributed by atoms with Gasteiger partial charge in [-0.15, -0.1) is 0 Å². The Morgan fingerprint density at radius 1 is 1.28 bits per heavy atom. The fourth-order valence-electron chi connectivity index (χ4n) is 3.13. The van der Waals surface area contributed by atoms with Crippen molar-refractivity contribution in [2.75, 3.05) is 13.2 Å². The van der Waals surface area contributed by atoms with E-state index in [2.05, 4.69) is 99.1 Å². The van der Waals surface area contributed by atoms with E-state index >= 15 is 0 Å². The molecule has 0 aromatic heterocycles. The maximum absolute atomic E-state index is 12.2. The van der Waals surface area contributed by atoms with Crippen LogP contribution in [0.2, 0.25) is 0 Å². The summed E-state index contributed by atoms with van der Waals surface area (Å²) in [5, 5.41) is 13.2. The van der Waals surface area contributed by atoms with Crippen molar-refractivity contribution in [3.8, 4) is 11.5 Å². The Kier molecular flexibility index (Phi) is 9.54. The van der Waals surface area contributed by atoms with Gasteiger partial charge >= 0.3 is 5.97 Å². The highest BCUT2D eigenvalue weighted by Crippen LogP contribution is 2.42. The first-order chi connectivity index (χ1) is 13.6. The number of halogens is 3. The van der Waals surface area contributed by atoms with Gasteiger partial charge in [0.05, 0.1) is 13.7 Å². The first-order valence-corrected chi connectivity index (χ1v) is 12.7. The van der Waals surface area contributed by atoms with E-state index < -0.39 is 5.60 Å². The van der Waals surface area contributed by atoms with Crippen LogP contribution in [0.25, 0.3) is 0 Å². The van der Waals surface area contributed by atoms with Gasteiger partial charge in [-0.2, -0.15) is 0 Å². The average Bonchev–Trinajstić information content (AvgIpc) is 2.64. The van der Waals surface area contributed by atoms with Gasteiger partial charge in [0.1, 0.15) is 23.1 Å². The Bertz CT molecular complexity index is 801. The number of esters is 1. The molecule has 3 unspecified atom stereocenters. The number of benzene rings is 1. The van der Waals surface area contributed by atoms with Crippen LogP contribution in [-0.2, 0) is 9.53 Å². The van der Waals surface area contributed by atoms with E-state index in [9.17, 15) is 9.90 Å². The molecule has 0 heterocycles. The van der Waals surface area contributed by atoms with E-state index in [4.69, 9.17) is 9.47 Å². The number of carbonyl (C=O) groups excluding carboxylic acids is 1. The lowest BCUT2D eigenvalue weighted by molar-refractivity contribution is -0.145.